The SMILES string of the molecule is O=C(Nc1ccc(Cl)cc1)C1CCCN(S(=O)(=O)c2ccc3[nH]c(=O)ccc3c2)C1. The molecule has 1 unspecified atom stereocenters. The Balaban J connectivity index is 1.53. The van der Waals surface area contributed by atoms with E-state index < -0.39 is 15.9 Å². The maximum Gasteiger partial charge on any atom is 0.248 e. The number of hydrogen-bond donors (Lipinski definition) is 2. The van der Waals surface area contributed by atoms with Gasteiger partial charge in [0.1, 0.15) is 0 Å². The second-order valence-corrected chi connectivity index (χ2v) is 9.64. The molecule has 1 aliphatic rings. The molecule has 1 atom stereocenters. The van der Waals surface area contributed by atoms with E-state index in [1.54, 1.807) is 36.4 Å². The molecule has 0 radical (unpaired) electrons. The molecule has 1 fully saturated rings. The van der Waals surface area contributed by atoms with Crippen LogP contribution in [0.4, 0.5) is 5.69 Å². The second kappa shape index (κ2) is 8.22. The molecule has 3 aromatic rings. The summed E-state index contributed by atoms with van der Waals surface area (Å²) in [7, 11) is -3.76. The Labute approximate surface area is 178 Å². The van der Waals surface area contributed by atoms with Crippen LogP contribution in [0.3, 0.4) is 0 Å². The third-order valence-corrected chi connectivity index (χ3v) is 7.31. The number of H-pyrrole nitrogens is 1. The number of halogens is 1. The lowest BCUT2D eigenvalue weighted by Crippen LogP contribution is -2.43. The number of rotatable bonds is 4. The van der Waals surface area contributed by atoms with Crippen molar-refractivity contribution in [3.8, 4) is 0 Å². The third kappa shape index (κ3) is 4.26. The summed E-state index contributed by atoms with van der Waals surface area (Å²) in [4.78, 5) is 26.9. The summed E-state index contributed by atoms with van der Waals surface area (Å²) in [5.41, 5.74) is 0.942. The van der Waals surface area contributed by atoms with Crippen LogP contribution in [-0.2, 0) is 14.8 Å². The number of piperidine rings is 1. The van der Waals surface area contributed by atoms with E-state index >= 15 is 0 Å². The van der Waals surface area contributed by atoms with Gasteiger partial charge in [-0.3, -0.25) is 9.59 Å². The normalized spacial score (nSPS) is 17.7. The van der Waals surface area contributed by atoms with E-state index in [1.807, 2.05) is 0 Å². The van der Waals surface area contributed by atoms with Gasteiger partial charge in [0, 0.05) is 35.4 Å². The lowest BCUT2D eigenvalue weighted by atomic mass is 9.99. The number of aromatic amines is 1. The number of carbonyl (C=O) groups excluding carboxylic acids is 1. The summed E-state index contributed by atoms with van der Waals surface area (Å²) in [6, 6.07) is 14.3. The van der Waals surface area contributed by atoms with E-state index in [2.05, 4.69) is 10.3 Å². The number of fused-ring (bicyclic) bond motifs is 1. The number of carbonyl (C=O) groups is 1. The maximum atomic E-state index is 13.2. The van der Waals surface area contributed by atoms with Crippen molar-refractivity contribution >= 4 is 44.1 Å². The van der Waals surface area contributed by atoms with Gasteiger partial charge < -0.3 is 10.3 Å². The quantitative estimate of drug-likeness (QED) is 0.644. The standard InChI is InChI=1S/C21H20ClN3O4S/c22-16-4-6-17(7-5-16)23-21(27)15-2-1-11-25(13-15)30(28,29)18-8-9-19-14(12-18)3-10-20(26)24-19/h3-10,12,15H,1-2,11,13H2,(H,23,27)(H,24,26). The van der Waals surface area contributed by atoms with Gasteiger partial charge in [0.05, 0.1) is 10.8 Å². The number of anilines is 1. The molecule has 156 valence electrons. The van der Waals surface area contributed by atoms with Crippen LogP contribution in [-0.4, -0.2) is 36.7 Å². The number of hydrogen-bond acceptors (Lipinski definition) is 4. The molecule has 0 bridgehead atoms. The van der Waals surface area contributed by atoms with E-state index in [1.165, 1.54) is 22.5 Å². The van der Waals surface area contributed by atoms with Crippen LogP contribution < -0.4 is 10.9 Å². The summed E-state index contributed by atoms with van der Waals surface area (Å²) in [5.74, 6) is -0.658. The first-order valence-corrected chi connectivity index (χ1v) is 11.3. The molecule has 0 saturated carbocycles. The van der Waals surface area contributed by atoms with Gasteiger partial charge in [0.25, 0.3) is 0 Å². The highest BCUT2D eigenvalue weighted by molar-refractivity contribution is 7.89. The van der Waals surface area contributed by atoms with Crippen molar-refractivity contribution in [3.05, 3.63) is 70.0 Å². The zero-order chi connectivity index (χ0) is 21.3. The summed E-state index contributed by atoms with van der Waals surface area (Å²) in [6.07, 6.45) is 1.21. The van der Waals surface area contributed by atoms with Crippen LogP contribution in [0, 0.1) is 5.92 Å². The van der Waals surface area contributed by atoms with Crippen LogP contribution in [0.15, 0.2) is 64.3 Å². The van der Waals surface area contributed by atoms with Crippen molar-refractivity contribution in [2.45, 2.75) is 17.7 Å². The van der Waals surface area contributed by atoms with Gasteiger partial charge in [0.15, 0.2) is 0 Å². The molecular weight excluding hydrogens is 426 g/mol. The molecule has 2 heterocycles. The number of sulfonamides is 1. The van der Waals surface area contributed by atoms with Gasteiger partial charge in [-0.25, -0.2) is 8.42 Å². The van der Waals surface area contributed by atoms with E-state index in [0.717, 1.165) is 0 Å². The van der Waals surface area contributed by atoms with Crippen molar-refractivity contribution < 1.29 is 13.2 Å². The smallest absolute Gasteiger partial charge is 0.248 e. The fourth-order valence-corrected chi connectivity index (χ4v) is 5.28. The van der Waals surface area contributed by atoms with E-state index in [4.69, 9.17) is 11.6 Å². The Hall–Kier alpha value is -2.68. The molecule has 1 aromatic heterocycles. The molecule has 2 N–H and O–H groups in total. The van der Waals surface area contributed by atoms with Gasteiger partial charge in [-0.1, -0.05) is 11.6 Å². The summed E-state index contributed by atoms with van der Waals surface area (Å²) < 4.78 is 27.7. The van der Waals surface area contributed by atoms with Crippen molar-refractivity contribution in [1.82, 2.24) is 9.29 Å². The fourth-order valence-electron chi connectivity index (χ4n) is 3.59. The van der Waals surface area contributed by atoms with E-state index in [0.29, 0.717) is 41.0 Å². The first-order chi connectivity index (χ1) is 14.3. The van der Waals surface area contributed by atoms with Crippen molar-refractivity contribution in [2.75, 3.05) is 18.4 Å². The topological polar surface area (TPSA) is 99.3 Å². The van der Waals surface area contributed by atoms with Crippen molar-refractivity contribution in [2.24, 2.45) is 5.92 Å². The maximum absolute atomic E-state index is 13.2. The predicted octanol–water partition coefficient (Wildman–Crippen LogP) is 3.22. The number of pyridine rings is 1. The van der Waals surface area contributed by atoms with Crippen LogP contribution in [0.25, 0.3) is 10.9 Å². The van der Waals surface area contributed by atoms with Gasteiger partial charge >= 0.3 is 0 Å². The largest absolute Gasteiger partial charge is 0.326 e. The second-order valence-electron chi connectivity index (χ2n) is 7.27. The fraction of sp³-hybridized carbons (Fsp3) is 0.238. The Morgan fingerprint density at radius 3 is 2.63 bits per heavy atom. The Morgan fingerprint density at radius 2 is 1.87 bits per heavy atom. The Morgan fingerprint density at radius 1 is 1.10 bits per heavy atom. The highest BCUT2D eigenvalue weighted by Crippen LogP contribution is 2.26. The number of amides is 1. The Bertz CT molecular complexity index is 1260. The molecule has 1 aliphatic heterocycles. The minimum atomic E-state index is -3.76. The lowest BCUT2D eigenvalue weighted by Gasteiger charge is -2.31. The molecule has 0 spiro atoms. The summed E-state index contributed by atoms with van der Waals surface area (Å²) in [6.45, 7) is 0.474. The van der Waals surface area contributed by atoms with Gasteiger partial charge in [-0.2, -0.15) is 4.31 Å². The lowest BCUT2D eigenvalue weighted by molar-refractivity contribution is -0.120. The first-order valence-electron chi connectivity index (χ1n) is 9.52. The molecule has 1 amide bonds. The summed E-state index contributed by atoms with van der Waals surface area (Å²) in [5, 5.41) is 4.03. The predicted molar refractivity (Wildman–Crippen MR) is 116 cm³/mol. The average Bonchev–Trinajstić information content (AvgIpc) is 2.75. The highest BCUT2D eigenvalue weighted by atomic mass is 35.5. The van der Waals surface area contributed by atoms with Crippen LogP contribution in [0.1, 0.15) is 12.8 Å². The third-order valence-electron chi connectivity index (χ3n) is 5.20. The van der Waals surface area contributed by atoms with Crippen molar-refractivity contribution in [3.63, 3.8) is 0 Å². The molecular formula is C21H20ClN3O4S. The number of benzene rings is 2. The van der Waals surface area contributed by atoms with E-state index in [9.17, 15) is 18.0 Å². The first kappa shape index (κ1) is 20.6. The van der Waals surface area contributed by atoms with Crippen LogP contribution >= 0.6 is 11.6 Å². The number of aromatic nitrogens is 1. The Kier molecular flexibility index (Phi) is 5.64. The molecule has 9 heteroatoms. The summed E-state index contributed by atoms with van der Waals surface area (Å²) >= 11 is 5.87. The van der Waals surface area contributed by atoms with Crippen LogP contribution in [0.5, 0.6) is 0 Å². The van der Waals surface area contributed by atoms with Crippen LogP contribution in [0.2, 0.25) is 5.02 Å². The van der Waals surface area contributed by atoms with Gasteiger partial charge in [-0.05, 0) is 66.8 Å². The molecule has 4 rings (SSSR count). The zero-order valence-electron chi connectivity index (χ0n) is 16.0. The van der Waals surface area contributed by atoms with Gasteiger partial charge in [0.2, 0.25) is 21.5 Å². The number of nitrogens with one attached hydrogen (secondary N) is 2. The van der Waals surface area contributed by atoms with E-state index in [-0.39, 0.29) is 22.9 Å². The molecule has 0 aliphatic carbocycles. The molecule has 7 nitrogen and oxygen atoms in total. The zero-order valence-corrected chi connectivity index (χ0v) is 17.5. The number of nitrogens with zero attached hydrogens (tertiary/aromatic N) is 1. The monoisotopic (exact) mass is 445 g/mol. The van der Waals surface area contributed by atoms with Gasteiger partial charge in [-0.15, -0.1) is 0 Å². The minimum Gasteiger partial charge on any atom is -0.326 e. The molecule has 1 saturated heterocycles. The molecule has 2 aromatic carbocycles. The average molecular weight is 446 g/mol. The van der Waals surface area contributed by atoms with Crippen molar-refractivity contribution in [1.29, 1.82) is 0 Å². The molecule has 30 heavy (non-hydrogen) atoms. The highest BCUT2D eigenvalue weighted by Gasteiger charge is 2.33. The minimum absolute atomic E-state index is 0.116.